The van der Waals surface area contributed by atoms with Gasteiger partial charge in [0, 0.05) is 14.1 Å². The third-order valence-electron chi connectivity index (χ3n) is 3.64. The number of amides is 3. The summed E-state index contributed by atoms with van der Waals surface area (Å²) in [6, 6.07) is 11.2. The molecule has 2 aromatic rings. The van der Waals surface area contributed by atoms with E-state index in [1.807, 2.05) is 0 Å². The zero-order chi connectivity index (χ0) is 16.7. The van der Waals surface area contributed by atoms with Crippen molar-refractivity contribution >= 4 is 35.0 Å². The molecule has 0 unspecified atom stereocenters. The molecule has 0 fully saturated rings. The number of benzene rings is 2. The molecule has 0 aromatic heterocycles. The number of imide groups is 1. The van der Waals surface area contributed by atoms with Crippen molar-refractivity contribution in [3.63, 3.8) is 0 Å². The molecule has 0 radical (unpaired) electrons. The summed E-state index contributed by atoms with van der Waals surface area (Å²) in [7, 11) is 3.21. The zero-order valence-corrected chi connectivity index (χ0v) is 13.3. The van der Waals surface area contributed by atoms with E-state index < -0.39 is 11.8 Å². The normalized spacial score (nSPS) is 13.3. The van der Waals surface area contributed by atoms with Crippen LogP contribution in [0.2, 0.25) is 5.02 Å². The molecule has 0 saturated heterocycles. The highest BCUT2D eigenvalue weighted by atomic mass is 35.5. The smallest absolute Gasteiger partial charge is 0.266 e. The minimum atomic E-state index is -0.406. The largest absolute Gasteiger partial charge is 0.345 e. The minimum Gasteiger partial charge on any atom is -0.345 e. The van der Waals surface area contributed by atoms with Crippen molar-refractivity contribution in [3.05, 3.63) is 64.2 Å². The van der Waals surface area contributed by atoms with Gasteiger partial charge in [-0.2, -0.15) is 0 Å². The summed E-state index contributed by atoms with van der Waals surface area (Å²) in [4.78, 5) is 39.6. The van der Waals surface area contributed by atoms with Crippen LogP contribution < -0.4 is 4.90 Å². The lowest BCUT2D eigenvalue weighted by Crippen LogP contribution is -2.30. The minimum absolute atomic E-state index is 0.241. The van der Waals surface area contributed by atoms with Gasteiger partial charge in [0.25, 0.3) is 17.7 Å². The average Bonchev–Trinajstić information content (AvgIpc) is 2.79. The molecule has 1 heterocycles. The zero-order valence-electron chi connectivity index (χ0n) is 12.5. The molecule has 1 aliphatic heterocycles. The first-order chi connectivity index (χ1) is 10.9. The Bertz CT molecular complexity index is 810. The Hall–Kier alpha value is -2.66. The standard InChI is InChI=1S/C17H13ClN2O3/c1-19(2)15(21)13-9-10(7-8-14(13)18)20-16(22)11-5-3-4-6-12(11)17(20)23/h3-9H,1-2H3. The van der Waals surface area contributed by atoms with E-state index in [1.165, 1.54) is 17.0 Å². The predicted octanol–water partition coefficient (Wildman–Crippen LogP) is 2.84. The van der Waals surface area contributed by atoms with E-state index in [-0.39, 0.29) is 16.5 Å². The second-order valence-corrected chi connectivity index (χ2v) is 5.76. The van der Waals surface area contributed by atoms with Crippen LogP contribution in [0, 0.1) is 0 Å². The maximum absolute atomic E-state index is 12.5. The molecule has 0 N–H and O–H groups in total. The summed E-state index contributed by atoms with van der Waals surface area (Å²) in [5, 5.41) is 0.268. The van der Waals surface area contributed by atoms with Crippen molar-refractivity contribution in [1.29, 1.82) is 0 Å². The Morgan fingerprint density at radius 3 is 2.09 bits per heavy atom. The summed E-state index contributed by atoms with van der Waals surface area (Å²) in [6.07, 6.45) is 0. The number of anilines is 1. The van der Waals surface area contributed by atoms with Crippen molar-refractivity contribution in [2.75, 3.05) is 19.0 Å². The van der Waals surface area contributed by atoms with Gasteiger partial charge in [-0.05, 0) is 30.3 Å². The lowest BCUT2D eigenvalue weighted by atomic mass is 10.1. The van der Waals surface area contributed by atoms with E-state index in [1.54, 1.807) is 44.4 Å². The lowest BCUT2D eigenvalue weighted by molar-refractivity contribution is 0.0825. The predicted molar refractivity (Wildman–Crippen MR) is 87.1 cm³/mol. The van der Waals surface area contributed by atoms with Crippen LogP contribution in [0.3, 0.4) is 0 Å². The van der Waals surface area contributed by atoms with Crippen LogP contribution in [0.5, 0.6) is 0 Å². The Labute approximate surface area is 138 Å². The van der Waals surface area contributed by atoms with Gasteiger partial charge in [0.2, 0.25) is 0 Å². The average molecular weight is 329 g/mol. The van der Waals surface area contributed by atoms with Gasteiger partial charge in [0.05, 0.1) is 27.4 Å². The van der Waals surface area contributed by atoms with Gasteiger partial charge in [-0.25, -0.2) is 4.90 Å². The van der Waals surface area contributed by atoms with E-state index >= 15 is 0 Å². The number of hydrogen-bond acceptors (Lipinski definition) is 3. The summed E-state index contributed by atoms with van der Waals surface area (Å²) < 4.78 is 0. The Balaban J connectivity index is 2.07. The first-order valence-corrected chi connectivity index (χ1v) is 7.28. The van der Waals surface area contributed by atoms with Gasteiger partial charge in [-0.3, -0.25) is 14.4 Å². The van der Waals surface area contributed by atoms with Crippen molar-refractivity contribution in [3.8, 4) is 0 Å². The van der Waals surface area contributed by atoms with Crippen LogP contribution in [-0.2, 0) is 0 Å². The third-order valence-corrected chi connectivity index (χ3v) is 3.97. The van der Waals surface area contributed by atoms with E-state index in [9.17, 15) is 14.4 Å². The molecular weight excluding hydrogens is 316 g/mol. The molecule has 2 aromatic carbocycles. The Morgan fingerprint density at radius 2 is 1.57 bits per heavy atom. The molecule has 0 spiro atoms. The number of rotatable bonds is 2. The van der Waals surface area contributed by atoms with Crippen LogP contribution >= 0.6 is 11.6 Å². The molecular formula is C17H13ClN2O3. The fourth-order valence-corrected chi connectivity index (χ4v) is 2.68. The van der Waals surface area contributed by atoms with Crippen LogP contribution in [0.25, 0.3) is 0 Å². The van der Waals surface area contributed by atoms with E-state index in [4.69, 9.17) is 11.6 Å². The topological polar surface area (TPSA) is 57.7 Å². The number of nitrogens with zero attached hydrogens (tertiary/aromatic N) is 2. The molecule has 23 heavy (non-hydrogen) atoms. The number of halogens is 1. The van der Waals surface area contributed by atoms with Gasteiger partial charge in [0.15, 0.2) is 0 Å². The van der Waals surface area contributed by atoms with Gasteiger partial charge in [0.1, 0.15) is 0 Å². The number of carbonyl (C=O) groups excluding carboxylic acids is 3. The number of fused-ring (bicyclic) bond motifs is 1. The Morgan fingerprint density at radius 1 is 1.00 bits per heavy atom. The molecule has 0 atom stereocenters. The molecule has 3 amide bonds. The maximum Gasteiger partial charge on any atom is 0.266 e. The van der Waals surface area contributed by atoms with Crippen molar-refractivity contribution < 1.29 is 14.4 Å². The summed E-state index contributed by atoms with van der Waals surface area (Å²) in [6.45, 7) is 0. The van der Waals surface area contributed by atoms with E-state index in [0.29, 0.717) is 16.8 Å². The van der Waals surface area contributed by atoms with Crippen LogP contribution in [0.4, 0.5) is 5.69 Å². The number of carbonyl (C=O) groups is 3. The molecule has 1 aliphatic rings. The highest BCUT2D eigenvalue weighted by Crippen LogP contribution is 2.31. The third kappa shape index (κ3) is 2.39. The van der Waals surface area contributed by atoms with Crippen molar-refractivity contribution in [1.82, 2.24) is 4.90 Å². The fourth-order valence-electron chi connectivity index (χ4n) is 2.48. The summed E-state index contributed by atoms with van der Waals surface area (Å²) >= 11 is 6.07. The highest BCUT2D eigenvalue weighted by Gasteiger charge is 2.36. The van der Waals surface area contributed by atoms with Gasteiger partial charge >= 0.3 is 0 Å². The lowest BCUT2D eigenvalue weighted by Gasteiger charge is -2.17. The Kier molecular flexibility index (Phi) is 3.66. The quantitative estimate of drug-likeness (QED) is 0.796. The van der Waals surface area contributed by atoms with Gasteiger partial charge < -0.3 is 4.90 Å². The van der Waals surface area contributed by atoms with Crippen molar-refractivity contribution in [2.24, 2.45) is 0 Å². The number of hydrogen-bond donors (Lipinski definition) is 0. The van der Waals surface area contributed by atoms with Crippen LogP contribution in [0.1, 0.15) is 31.1 Å². The first-order valence-electron chi connectivity index (χ1n) is 6.91. The van der Waals surface area contributed by atoms with E-state index in [0.717, 1.165) is 4.90 Å². The van der Waals surface area contributed by atoms with Gasteiger partial charge in [-0.1, -0.05) is 23.7 Å². The monoisotopic (exact) mass is 328 g/mol. The molecule has 0 bridgehead atoms. The fraction of sp³-hybridized carbons (Fsp3) is 0.118. The molecule has 0 aliphatic carbocycles. The summed E-state index contributed by atoms with van der Waals surface area (Å²) in [5.41, 5.74) is 1.28. The van der Waals surface area contributed by atoms with Crippen LogP contribution in [0.15, 0.2) is 42.5 Å². The molecule has 0 saturated carbocycles. The van der Waals surface area contributed by atoms with Crippen molar-refractivity contribution in [2.45, 2.75) is 0 Å². The maximum atomic E-state index is 12.5. The van der Waals surface area contributed by atoms with Crippen LogP contribution in [-0.4, -0.2) is 36.7 Å². The molecule has 3 rings (SSSR count). The second kappa shape index (κ2) is 5.52. The van der Waals surface area contributed by atoms with E-state index in [2.05, 4.69) is 0 Å². The second-order valence-electron chi connectivity index (χ2n) is 5.36. The van der Waals surface area contributed by atoms with Gasteiger partial charge in [-0.15, -0.1) is 0 Å². The molecule has 5 nitrogen and oxygen atoms in total. The molecule has 116 valence electrons. The molecule has 6 heteroatoms. The SMILES string of the molecule is CN(C)C(=O)c1cc(N2C(=O)c3ccccc3C2=O)ccc1Cl. The first kappa shape index (κ1) is 15.2. The summed E-state index contributed by atoms with van der Waals surface area (Å²) in [5.74, 6) is -1.11. The highest BCUT2D eigenvalue weighted by molar-refractivity contribution is 6.36.